The Hall–Kier alpha value is -1.02. The van der Waals surface area contributed by atoms with Crippen LogP contribution in [0.4, 0.5) is 0 Å². The van der Waals surface area contributed by atoms with E-state index in [1.54, 1.807) is 7.11 Å². The summed E-state index contributed by atoms with van der Waals surface area (Å²) in [4.78, 5) is 0. The second kappa shape index (κ2) is 3.38. The SMILES string of the molecule is COc1cc2c(cc1C)CCNC2. The Kier molecular flexibility index (Phi) is 2.23. The first kappa shape index (κ1) is 8.57. The van der Waals surface area contributed by atoms with E-state index in [1.807, 2.05) is 0 Å². The molecule has 0 saturated carbocycles. The number of fused-ring (bicyclic) bond motifs is 1. The minimum Gasteiger partial charge on any atom is -0.496 e. The number of nitrogens with one attached hydrogen (secondary N) is 1. The van der Waals surface area contributed by atoms with Gasteiger partial charge in [-0.1, -0.05) is 6.07 Å². The summed E-state index contributed by atoms with van der Waals surface area (Å²) < 4.78 is 5.28. The monoisotopic (exact) mass is 177 g/mol. The maximum Gasteiger partial charge on any atom is 0.122 e. The highest BCUT2D eigenvalue weighted by molar-refractivity contribution is 5.43. The van der Waals surface area contributed by atoms with E-state index >= 15 is 0 Å². The van der Waals surface area contributed by atoms with Crippen molar-refractivity contribution in [1.82, 2.24) is 5.32 Å². The zero-order valence-corrected chi connectivity index (χ0v) is 8.18. The number of benzene rings is 1. The van der Waals surface area contributed by atoms with Crippen LogP contribution in [0.1, 0.15) is 16.7 Å². The summed E-state index contributed by atoms with van der Waals surface area (Å²) in [7, 11) is 1.73. The molecule has 0 amide bonds. The highest BCUT2D eigenvalue weighted by Crippen LogP contribution is 2.24. The van der Waals surface area contributed by atoms with Gasteiger partial charge in [0.25, 0.3) is 0 Å². The summed E-state index contributed by atoms with van der Waals surface area (Å²) in [6.07, 6.45) is 1.14. The smallest absolute Gasteiger partial charge is 0.122 e. The first-order chi connectivity index (χ1) is 6.31. The van der Waals surface area contributed by atoms with Gasteiger partial charge in [-0.05, 0) is 42.6 Å². The highest BCUT2D eigenvalue weighted by atomic mass is 16.5. The summed E-state index contributed by atoms with van der Waals surface area (Å²) in [5.41, 5.74) is 4.09. The fraction of sp³-hybridized carbons (Fsp3) is 0.455. The van der Waals surface area contributed by atoms with Gasteiger partial charge in [0.1, 0.15) is 5.75 Å². The van der Waals surface area contributed by atoms with Gasteiger partial charge in [-0.2, -0.15) is 0 Å². The van der Waals surface area contributed by atoms with Crippen LogP contribution in [0.3, 0.4) is 0 Å². The van der Waals surface area contributed by atoms with Crippen molar-refractivity contribution >= 4 is 0 Å². The largest absolute Gasteiger partial charge is 0.496 e. The summed E-state index contributed by atoms with van der Waals surface area (Å²) in [5.74, 6) is 1.00. The number of rotatable bonds is 1. The van der Waals surface area contributed by atoms with E-state index in [9.17, 15) is 0 Å². The number of aryl methyl sites for hydroxylation is 1. The van der Waals surface area contributed by atoms with Crippen LogP contribution in [-0.2, 0) is 13.0 Å². The molecular formula is C11H15NO. The molecule has 1 N–H and O–H groups in total. The first-order valence-corrected chi connectivity index (χ1v) is 4.68. The minimum absolute atomic E-state index is 0.978. The topological polar surface area (TPSA) is 21.3 Å². The molecule has 2 rings (SSSR count). The van der Waals surface area contributed by atoms with E-state index in [0.29, 0.717) is 0 Å². The predicted octanol–water partition coefficient (Wildman–Crippen LogP) is 1.65. The lowest BCUT2D eigenvalue weighted by atomic mass is 9.98. The van der Waals surface area contributed by atoms with Gasteiger partial charge in [0.05, 0.1) is 7.11 Å². The fourth-order valence-corrected chi connectivity index (χ4v) is 1.85. The van der Waals surface area contributed by atoms with E-state index in [1.165, 1.54) is 16.7 Å². The van der Waals surface area contributed by atoms with E-state index in [0.717, 1.165) is 25.3 Å². The van der Waals surface area contributed by atoms with Crippen molar-refractivity contribution < 1.29 is 4.74 Å². The molecule has 1 heterocycles. The summed E-state index contributed by atoms with van der Waals surface area (Å²) in [6, 6.07) is 4.39. The molecule has 0 radical (unpaired) electrons. The molecule has 70 valence electrons. The number of methoxy groups -OCH3 is 1. The molecule has 0 saturated heterocycles. The third kappa shape index (κ3) is 1.54. The number of ether oxygens (including phenoxy) is 1. The van der Waals surface area contributed by atoms with Gasteiger partial charge in [0.2, 0.25) is 0 Å². The molecule has 0 spiro atoms. The number of hydrogen-bond donors (Lipinski definition) is 1. The van der Waals surface area contributed by atoms with Crippen molar-refractivity contribution in [3.63, 3.8) is 0 Å². The maximum absolute atomic E-state index is 5.28. The summed E-state index contributed by atoms with van der Waals surface area (Å²) >= 11 is 0. The second-order valence-corrected chi connectivity index (χ2v) is 3.52. The molecule has 13 heavy (non-hydrogen) atoms. The van der Waals surface area contributed by atoms with E-state index in [-0.39, 0.29) is 0 Å². The maximum atomic E-state index is 5.28. The molecule has 1 aromatic rings. The lowest BCUT2D eigenvalue weighted by molar-refractivity contribution is 0.410. The quantitative estimate of drug-likeness (QED) is 0.704. The molecule has 1 aliphatic rings. The van der Waals surface area contributed by atoms with Gasteiger partial charge in [0.15, 0.2) is 0 Å². The highest BCUT2D eigenvalue weighted by Gasteiger charge is 2.10. The summed E-state index contributed by atoms with van der Waals surface area (Å²) in [6.45, 7) is 4.17. The van der Waals surface area contributed by atoms with Crippen molar-refractivity contribution in [1.29, 1.82) is 0 Å². The predicted molar refractivity (Wildman–Crippen MR) is 53.1 cm³/mol. The fourth-order valence-electron chi connectivity index (χ4n) is 1.85. The van der Waals surface area contributed by atoms with Crippen molar-refractivity contribution in [2.75, 3.05) is 13.7 Å². The lowest BCUT2D eigenvalue weighted by Gasteiger charge is -2.19. The van der Waals surface area contributed by atoms with Crippen molar-refractivity contribution in [3.05, 3.63) is 28.8 Å². The third-order valence-electron chi connectivity index (χ3n) is 2.60. The zero-order valence-electron chi connectivity index (χ0n) is 8.18. The Morgan fingerprint density at radius 2 is 2.15 bits per heavy atom. The van der Waals surface area contributed by atoms with Crippen LogP contribution in [0.2, 0.25) is 0 Å². The molecule has 0 aromatic heterocycles. The molecule has 2 heteroatoms. The van der Waals surface area contributed by atoms with Crippen LogP contribution >= 0.6 is 0 Å². The standard InChI is InChI=1S/C11H15NO/c1-8-5-9-3-4-12-7-10(9)6-11(8)13-2/h5-6,12H,3-4,7H2,1-2H3. The van der Waals surface area contributed by atoms with Crippen LogP contribution in [0, 0.1) is 6.92 Å². The van der Waals surface area contributed by atoms with Gasteiger partial charge in [-0.3, -0.25) is 0 Å². The lowest BCUT2D eigenvalue weighted by Crippen LogP contribution is -2.23. The van der Waals surface area contributed by atoms with Gasteiger partial charge in [-0.25, -0.2) is 0 Å². The first-order valence-electron chi connectivity index (χ1n) is 4.68. The van der Waals surface area contributed by atoms with Gasteiger partial charge < -0.3 is 10.1 Å². The Morgan fingerprint density at radius 1 is 1.31 bits per heavy atom. The zero-order chi connectivity index (χ0) is 9.26. The van der Waals surface area contributed by atoms with E-state index in [2.05, 4.69) is 24.4 Å². The molecule has 2 nitrogen and oxygen atoms in total. The molecule has 0 atom stereocenters. The van der Waals surface area contributed by atoms with Crippen molar-refractivity contribution in [3.8, 4) is 5.75 Å². The Morgan fingerprint density at radius 3 is 2.92 bits per heavy atom. The van der Waals surface area contributed by atoms with Gasteiger partial charge >= 0.3 is 0 Å². The second-order valence-electron chi connectivity index (χ2n) is 3.52. The van der Waals surface area contributed by atoms with E-state index in [4.69, 9.17) is 4.74 Å². The molecule has 0 bridgehead atoms. The van der Waals surface area contributed by atoms with Gasteiger partial charge in [-0.15, -0.1) is 0 Å². The molecule has 0 unspecified atom stereocenters. The van der Waals surface area contributed by atoms with Crippen LogP contribution in [0.15, 0.2) is 12.1 Å². The molecular weight excluding hydrogens is 162 g/mol. The normalized spacial score (nSPS) is 15.2. The molecule has 0 fully saturated rings. The van der Waals surface area contributed by atoms with Crippen molar-refractivity contribution in [2.45, 2.75) is 19.9 Å². The van der Waals surface area contributed by atoms with Crippen LogP contribution in [0.5, 0.6) is 5.75 Å². The minimum atomic E-state index is 0.978. The third-order valence-corrected chi connectivity index (χ3v) is 2.60. The Balaban J connectivity index is 2.44. The van der Waals surface area contributed by atoms with Gasteiger partial charge in [0, 0.05) is 6.54 Å². The van der Waals surface area contributed by atoms with Crippen molar-refractivity contribution in [2.24, 2.45) is 0 Å². The number of hydrogen-bond acceptors (Lipinski definition) is 2. The van der Waals surface area contributed by atoms with Crippen LogP contribution in [-0.4, -0.2) is 13.7 Å². The van der Waals surface area contributed by atoms with E-state index < -0.39 is 0 Å². The van der Waals surface area contributed by atoms with Crippen LogP contribution in [0.25, 0.3) is 0 Å². The average molecular weight is 177 g/mol. The molecule has 1 aromatic carbocycles. The molecule has 0 aliphatic carbocycles. The average Bonchev–Trinajstić information content (AvgIpc) is 2.17. The Labute approximate surface area is 78.9 Å². The Bertz CT molecular complexity index is 320. The van der Waals surface area contributed by atoms with Crippen LogP contribution < -0.4 is 10.1 Å². The molecule has 1 aliphatic heterocycles. The summed E-state index contributed by atoms with van der Waals surface area (Å²) in [5, 5.41) is 3.36.